The Morgan fingerprint density at radius 2 is 1.93 bits per heavy atom. The summed E-state index contributed by atoms with van der Waals surface area (Å²) in [5.41, 5.74) is 5.81. The summed E-state index contributed by atoms with van der Waals surface area (Å²) in [5.74, 6) is -1.50. The molecular formula is C11H9NO2S. The number of primary amides is 1. The molecule has 1 aromatic heterocycles. The maximum Gasteiger partial charge on any atom is 0.290 e. The van der Waals surface area contributed by atoms with Crippen LogP contribution in [0.1, 0.15) is 15.2 Å². The summed E-state index contributed by atoms with van der Waals surface area (Å²) < 4.78 is 1.000. The van der Waals surface area contributed by atoms with Crippen molar-refractivity contribution in [1.29, 1.82) is 0 Å². The highest BCUT2D eigenvalue weighted by Gasteiger charge is 2.19. The first-order chi connectivity index (χ1) is 7.11. The lowest BCUT2D eigenvalue weighted by Gasteiger charge is -1.93. The van der Waals surface area contributed by atoms with Gasteiger partial charge >= 0.3 is 0 Å². The number of nitrogens with two attached hydrogens (primary N) is 1. The molecular weight excluding hydrogens is 210 g/mol. The molecule has 0 fully saturated rings. The van der Waals surface area contributed by atoms with E-state index in [1.54, 1.807) is 0 Å². The van der Waals surface area contributed by atoms with E-state index in [1.807, 2.05) is 31.2 Å². The fraction of sp³-hybridized carbons (Fsp3) is 0.0909. The standard InChI is InChI=1S/C11H9NO2S/c1-6-7-4-2-3-5-8(7)15-10(6)9(13)11(12)14/h2-5H,1H3,(H2,12,14). The van der Waals surface area contributed by atoms with Crippen molar-refractivity contribution in [1.82, 2.24) is 0 Å². The molecule has 0 atom stereocenters. The molecule has 0 spiro atoms. The molecule has 0 saturated heterocycles. The van der Waals surface area contributed by atoms with Crippen LogP contribution in [0.15, 0.2) is 24.3 Å². The lowest BCUT2D eigenvalue weighted by molar-refractivity contribution is -0.114. The van der Waals surface area contributed by atoms with E-state index >= 15 is 0 Å². The van der Waals surface area contributed by atoms with Crippen molar-refractivity contribution >= 4 is 33.1 Å². The van der Waals surface area contributed by atoms with Crippen LogP contribution in [0.3, 0.4) is 0 Å². The highest BCUT2D eigenvalue weighted by atomic mass is 32.1. The van der Waals surface area contributed by atoms with E-state index in [4.69, 9.17) is 5.73 Å². The van der Waals surface area contributed by atoms with Crippen LogP contribution < -0.4 is 5.73 Å². The number of carbonyl (C=O) groups excluding carboxylic acids is 2. The van der Waals surface area contributed by atoms with Gasteiger partial charge in [0.15, 0.2) is 0 Å². The van der Waals surface area contributed by atoms with Crippen LogP contribution in [-0.4, -0.2) is 11.7 Å². The zero-order valence-electron chi connectivity index (χ0n) is 8.11. The molecule has 1 heterocycles. The number of carbonyl (C=O) groups is 2. The van der Waals surface area contributed by atoms with Crippen molar-refractivity contribution in [3.05, 3.63) is 34.7 Å². The largest absolute Gasteiger partial charge is 0.363 e. The zero-order valence-corrected chi connectivity index (χ0v) is 8.93. The number of Topliss-reactive ketones (excluding diaryl/α,β-unsaturated/α-hetero) is 1. The molecule has 76 valence electrons. The molecule has 0 aliphatic rings. The third kappa shape index (κ3) is 1.53. The summed E-state index contributed by atoms with van der Waals surface area (Å²) >= 11 is 1.31. The van der Waals surface area contributed by atoms with Gasteiger partial charge in [0.05, 0.1) is 4.88 Å². The average molecular weight is 219 g/mol. The van der Waals surface area contributed by atoms with E-state index in [1.165, 1.54) is 11.3 Å². The van der Waals surface area contributed by atoms with Gasteiger partial charge in [-0.05, 0) is 23.9 Å². The first kappa shape index (κ1) is 9.86. The van der Waals surface area contributed by atoms with Crippen LogP contribution in [-0.2, 0) is 4.79 Å². The van der Waals surface area contributed by atoms with Gasteiger partial charge in [0.2, 0.25) is 0 Å². The number of fused-ring (bicyclic) bond motifs is 1. The van der Waals surface area contributed by atoms with Crippen molar-refractivity contribution in [2.75, 3.05) is 0 Å². The topological polar surface area (TPSA) is 60.2 Å². The maximum absolute atomic E-state index is 11.5. The summed E-state index contributed by atoms with van der Waals surface area (Å²) in [7, 11) is 0. The Balaban J connectivity index is 2.68. The monoisotopic (exact) mass is 219 g/mol. The Bertz CT molecular complexity index is 557. The summed E-state index contributed by atoms with van der Waals surface area (Å²) in [6, 6.07) is 7.65. The first-order valence-corrected chi connectivity index (χ1v) is 5.25. The van der Waals surface area contributed by atoms with E-state index in [9.17, 15) is 9.59 Å². The lowest BCUT2D eigenvalue weighted by Crippen LogP contribution is -2.22. The SMILES string of the molecule is Cc1c(C(=O)C(N)=O)sc2ccccc12. The van der Waals surface area contributed by atoms with Gasteiger partial charge in [-0.15, -0.1) is 11.3 Å². The minimum absolute atomic E-state index is 0.448. The lowest BCUT2D eigenvalue weighted by atomic mass is 10.1. The molecule has 4 heteroatoms. The molecule has 0 radical (unpaired) electrons. The molecule has 2 rings (SSSR count). The van der Waals surface area contributed by atoms with E-state index < -0.39 is 11.7 Å². The quantitative estimate of drug-likeness (QED) is 0.619. The minimum Gasteiger partial charge on any atom is -0.363 e. The summed E-state index contributed by atoms with van der Waals surface area (Å²) in [5, 5.41) is 1.01. The van der Waals surface area contributed by atoms with E-state index in [-0.39, 0.29) is 0 Å². The van der Waals surface area contributed by atoms with Crippen molar-refractivity contribution in [2.45, 2.75) is 6.92 Å². The average Bonchev–Trinajstić information content (AvgIpc) is 2.56. The number of aryl methyl sites for hydroxylation is 1. The van der Waals surface area contributed by atoms with Crippen LogP contribution in [0.25, 0.3) is 10.1 Å². The predicted molar refractivity (Wildman–Crippen MR) is 60.1 cm³/mol. The number of amides is 1. The van der Waals surface area contributed by atoms with E-state index in [2.05, 4.69) is 0 Å². The molecule has 15 heavy (non-hydrogen) atoms. The number of rotatable bonds is 2. The molecule has 1 aromatic carbocycles. The summed E-state index contributed by atoms with van der Waals surface area (Å²) in [6.45, 7) is 1.83. The number of ketones is 1. The van der Waals surface area contributed by atoms with E-state index in [0.717, 1.165) is 15.6 Å². The van der Waals surface area contributed by atoms with Gasteiger partial charge in [-0.1, -0.05) is 18.2 Å². The Kier molecular flexibility index (Phi) is 2.28. The predicted octanol–water partition coefficient (Wildman–Crippen LogP) is 1.88. The van der Waals surface area contributed by atoms with Crippen LogP contribution in [0.2, 0.25) is 0 Å². The van der Waals surface area contributed by atoms with Crippen molar-refractivity contribution in [3.8, 4) is 0 Å². The summed E-state index contributed by atoms with van der Waals surface area (Å²) in [6.07, 6.45) is 0. The summed E-state index contributed by atoms with van der Waals surface area (Å²) in [4.78, 5) is 22.7. The van der Waals surface area contributed by atoms with Crippen molar-refractivity contribution in [3.63, 3.8) is 0 Å². The van der Waals surface area contributed by atoms with Crippen LogP contribution >= 0.6 is 11.3 Å². The van der Waals surface area contributed by atoms with Crippen LogP contribution in [0.5, 0.6) is 0 Å². The van der Waals surface area contributed by atoms with Gasteiger partial charge in [-0.25, -0.2) is 0 Å². The van der Waals surface area contributed by atoms with Crippen molar-refractivity contribution < 1.29 is 9.59 Å². The van der Waals surface area contributed by atoms with Gasteiger partial charge in [0, 0.05) is 4.70 Å². The Hall–Kier alpha value is -1.68. The zero-order chi connectivity index (χ0) is 11.0. The van der Waals surface area contributed by atoms with Gasteiger partial charge in [-0.3, -0.25) is 9.59 Å². The Morgan fingerprint density at radius 1 is 1.27 bits per heavy atom. The molecule has 2 aromatic rings. The fourth-order valence-corrected chi connectivity index (χ4v) is 2.66. The second-order valence-corrected chi connectivity index (χ2v) is 4.30. The van der Waals surface area contributed by atoms with Gasteiger partial charge in [0.1, 0.15) is 0 Å². The molecule has 0 bridgehead atoms. The fourth-order valence-electron chi connectivity index (χ4n) is 1.50. The Labute approximate surface area is 90.5 Å². The number of hydrogen-bond donors (Lipinski definition) is 1. The third-order valence-corrected chi connectivity index (χ3v) is 3.55. The van der Waals surface area contributed by atoms with Crippen molar-refractivity contribution in [2.24, 2.45) is 5.73 Å². The number of hydrogen-bond acceptors (Lipinski definition) is 3. The molecule has 1 amide bonds. The number of benzene rings is 1. The molecule has 0 unspecified atom stereocenters. The van der Waals surface area contributed by atoms with Crippen LogP contribution in [0, 0.1) is 6.92 Å². The molecule has 0 aliphatic carbocycles. The second-order valence-electron chi connectivity index (χ2n) is 3.25. The molecule has 3 nitrogen and oxygen atoms in total. The molecule has 2 N–H and O–H groups in total. The Morgan fingerprint density at radius 3 is 2.53 bits per heavy atom. The van der Waals surface area contributed by atoms with Gasteiger partial charge in [0.25, 0.3) is 11.7 Å². The second kappa shape index (κ2) is 3.47. The normalized spacial score (nSPS) is 10.5. The van der Waals surface area contributed by atoms with E-state index in [0.29, 0.717) is 4.88 Å². The minimum atomic E-state index is -0.898. The smallest absolute Gasteiger partial charge is 0.290 e. The highest BCUT2D eigenvalue weighted by molar-refractivity contribution is 7.21. The van der Waals surface area contributed by atoms with Gasteiger partial charge in [-0.2, -0.15) is 0 Å². The first-order valence-electron chi connectivity index (χ1n) is 4.43. The highest BCUT2D eigenvalue weighted by Crippen LogP contribution is 2.30. The maximum atomic E-state index is 11.5. The third-order valence-electron chi connectivity index (χ3n) is 2.27. The number of thiophene rings is 1. The van der Waals surface area contributed by atoms with Gasteiger partial charge < -0.3 is 5.73 Å². The van der Waals surface area contributed by atoms with Crippen LogP contribution in [0.4, 0.5) is 0 Å². The molecule has 0 saturated carbocycles. The molecule has 0 aliphatic heterocycles.